The van der Waals surface area contributed by atoms with E-state index < -0.39 is 0 Å². The topological polar surface area (TPSA) is 39.7 Å². The Kier molecular flexibility index (Phi) is 5.96. The smallest absolute Gasteiger partial charge is 0.191 e. The predicted octanol–water partition coefficient (Wildman–Crippen LogP) is 3.58. The number of hydrogen-bond acceptors (Lipinski definition) is 2. The van der Waals surface area contributed by atoms with E-state index in [4.69, 9.17) is 11.6 Å². The number of benzene rings is 2. The van der Waals surface area contributed by atoms with E-state index >= 15 is 0 Å². The van der Waals surface area contributed by atoms with Gasteiger partial charge in [0.25, 0.3) is 0 Å². The second kappa shape index (κ2) is 8.58. The van der Waals surface area contributed by atoms with E-state index in [2.05, 4.69) is 56.9 Å². The number of rotatable bonds is 5. The molecule has 25 heavy (non-hydrogen) atoms. The summed E-state index contributed by atoms with van der Waals surface area (Å²) in [4.78, 5) is 6.63. The lowest BCUT2D eigenvalue weighted by Gasteiger charge is -2.19. The van der Waals surface area contributed by atoms with Crippen LogP contribution in [0.5, 0.6) is 0 Å². The van der Waals surface area contributed by atoms with Gasteiger partial charge >= 0.3 is 0 Å². The number of guanidine groups is 1. The molecule has 1 aliphatic rings. The van der Waals surface area contributed by atoms with E-state index in [0.717, 1.165) is 36.2 Å². The van der Waals surface area contributed by atoms with Crippen LogP contribution in [0.1, 0.15) is 11.1 Å². The third kappa shape index (κ3) is 5.00. The molecule has 130 valence electrons. The van der Waals surface area contributed by atoms with E-state index in [9.17, 15) is 0 Å². The molecule has 0 spiro atoms. The minimum atomic E-state index is 0.705. The van der Waals surface area contributed by atoms with Crippen molar-refractivity contribution < 1.29 is 0 Å². The van der Waals surface area contributed by atoms with Crippen LogP contribution < -0.4 is 15.5 Å². The number of nitrogens with zero attached hydrogens (tertiary/aromatic N) is 2. The number of aliphatic imine (C=N–C) groups is 1. The Morgan fingerprint density at radius 3 is 2.36 bits per heavy atom. The van der Waals surface area contributed by atoms with Crippen molar-refractivity contribution in [3.05, 3.63) is 76.8 Å². The van der Waals surface area contributed by atoms with Crippen LogP contribution >= 0.6 is 11.6 Å². The molecule has 0 bridgehead atoms. The van der Waals surface area contributed by atoms with Crippen molar-refractivity contribution in [3.8, 4) is 0 Å². The number of nitrogens with one attached hydrogen (secondary N) is 2. The quantitative estimate of drug-likeness (QED) is 0.490. The summed E-state index contributed by atoms with van der Waals surface area (Å²) in [5, 5.41) is 7.43. The van der Waals surface area contributed by atoms with Gasteiger partial charge in [0, 0.05) is 43.9 Å². The lowest BCUT2D eigenvalue weighted by molar-refractivity contribution is 0.808. The molecule has 1 aliphatic heterocycles. The van der Waals surface area contributed by atoms with Crippen LogP contribution in [-0.4, -0.2) is 26.1 Å². The first-order valence-corrected chi connectivity index (χ1v) is 8.80. The second-order valence-corrected chi connectivity index (χ2v) is 6.39. The van der Waals surface area contributed by atoms with Gasteiger partial charge in [0.05, 0.1) is 0 Å². The first-order chi connectivity index (χ1) is 12.2. The molecule has 0 fully saturated rings. The molecule has 3 rings (SSSR count). The first-order valence-electron chi connectivity index (χ1n) is 8.42. The molecule has 0 aliphatic carbocycles. The van der Waals surface area contributed by atoms with Gasteiger partial charge in [-0.2, -0.15) is 0 Å². The van der Waals surface area contributed by atoms with Crippen molar-refractivity contribution in [1.29, 1.82) is 0 Å². The van der Waals surface area contributed by atoms with Crippen molar-refractivity contribution in [2.24, 2.45) is 4.99 Å². The van der Waals surface area contributed by atoms with Crippen molar-refractivity contribution in [1.82, 2.24) is 10.6 Å². The monoisotopic (exact) mass is 354 g/mol. The van der Waals surface area contributed by atoms with Crippen LogP contribution in [0, 0.1) is 0 Å². The summed E-state index contributed by atoms with van der Waals surface area (Å²) in [5.41, 5.74) is 3.66. The van der Waals surface area contributed by atoms with Gasteiger partial charge in [0.1, 0.15) is 0 Å². The van der Waals surface area contributed by atoms with E-state index in [1.54, 1.807) is 7.05 Å². The van der Waals surface area contributed by atoms with Crippen molar-refractivity contribution in [3.63, 3.8) is 0 Å². The van der Waals surface area contributed by atoms with E-state index in [1.165, 1.54) is 11.3 Å². The Morgan fingerprint density at radius 2 is 1.68 bits per heavy atom. The molecule has 0 unspecified atom stereocenters. The number of halogens is 1. The van der Waals surface area contributed by atoms with Crippen LogP contribution in [0.2, 0.25) is 5.02 Å². The van der Waals surface area contributed by atoms with Gasteiger partial charge in [-0.3, -0.25) is 4.99 Å². The highest BCUT2D eigenvalue weighted by atomic mass is 35.5. The standard InChI is InChI=1S/C20H23ClN4/c1-22-20(23-14-16-7-9-18(21)10-8-16)24-15-17-5-4-6-19(13-17)25-11-2-3-12-25/h2-10,13H,11-12,14-15H2,1H3,(H2,22,23,24). The summed E-state index contributed by atoms with van der Waals surface area (Å²) in [6.07, 6.45) is 4.40. The summed E-state index contributed by atoms with van der Waals surface area (Å²) in [7, 11) is 1.78. The third-order valence-electron chi connectivity index (χ3n) is 4.15. The highest BCUT2D eigenvalue weighted by Crippen LogP contribution is 2.18. The molecular formula is C20H23ClN4. The van der Waals surface area contributed by atoms with Crippen molar-refractivity contribution in [2.75, 3.05) is 25.0 Å². The summed E-state index contributed by atoms with van der Waals surface area (Å²) >= 11 is 5.92. The molecule has 0 aromatic heterocycles. The Hall–Kier alpha value is -2.46. The summed E-state index contributed by atoms with van der Waals surface area (Å²) in [6.45, 7) is 3.41. The van der Waals surface area contributed by atoms with E-state index in [1.807, 2.05) is 24.3 Å². The molecule has 0 atom stereocenters. The third-order valence-corrected chi connectivity index (χ3v) is 4.40. The highest BCUT2D eigenvalue weighted by molar-refractivity contribution is 6.30. The highest BCUT2D eigenvalue weighted by Gasteiger charge is 2.08. The van der Waals surface area contributed by atoms with Gasteiger partial charge in [0.2, 0.25) is 0 Å². The number of hydrogen-bond donors (Lipinski definition) is 2. The van der Waals surface area contributed by atoms with Gasteiger partial charge in [-0.1, -0.05) is 48.0 Å². The van der Waals surface area contributed by atoms with Gasteiger partial charge in [-0.25, -0.2) is 0 Å². The lowest BCUT2D eigenvalue weighted by atomic mass is 10.2. The minimum absolute atomic E-state index is 0.705. The normalized spacial score (nSPS) is 14.0. The van der Waals surface area contributed by atoms with Crippen LogP contribution in [0.4, 0.5) is 5.69 Å². The Labute approximate surface area is 154 Å². The molecule has 2 N–H and O–H groups in total. The van der Waals surface area contributed by atoms with Crippen molar-refractivity contribution in [2.45, 2.75) is 13.1 Å². The fourth-order valence-electron chi connectivity index (χ4n) is 2.75. The largest absolute Gasteiger partial charge is 0.364 e. The summed E-state index contributed by atoms with van der Waals surface area (Å²) in [5.74, 6) is 0.781. The zero-order valence-corrected chi connectivity index (χ0v) is 15.1. The molecule has 0 radical (unpaired) electrons. The maximum Gasteiger partial charge on any atom is 0.191 e. The number of anilines is 1. The average molecular weight is 355 g/mol. The van der Waals surface area contributed by atoms with Gasteiger partial charge in [-0.05, 0) is 35.4 Å². The van der Waals surface area contributed by atoms with Crippen molar-refractivity contribution >= 4 is 23.2 Å². The van der Waals surface area contributed by atoms with Crippen LogP contribution in [-0.2, 0) is 13.1 Å². The molecule has 0 amide bonds. The fraction of sp³-hybridized carbons (Fsp3) is 0.250. The first kappa shape index (κ1) is 17.4. The van der Waals surface area contributed by atoms with Crippen LogP contribution in [0.25, 0.3) is 0 Å². The Bertz CT molecular complexity index is 745. The zero-order valence-electron chi connectivity index (χ0n) is 14.4. The van der Waals surface area contributed by atoms with Gasteiger partial charge in [-0.15, -0.1) is 0 Å². The molecule has 5 heteroatoms. The maximum absolute atomic E-state index is 5.92. The maximum atomic E-state index is 5.92. The minimum Gasteiger partial charge on any atom is -0.364 e. The van der Waals surface area contributed by atoms with E-state index in [0.29, 0.717) is 6.54 Å². The molecule has 0 saturated carbocycles. The molecule has 2 aromatic carbocycles. The van der Waals surface area contributed by atoms with Gasteiger partial charge < -0.3 is 15.5 Å². The average Bonchev–Trinajstić information content (AvgIpc) is 3.18. The lowest BCUT2D eigenvalue weighted by Crippen LogP contribution is -2.36. The Morgan fingerprint density at radius 1 is 1.00 bits per heavy atom. The van der Waals surface area contributed by atoms with Crippen LogP contribution in [0.3, 0.4) is 0 Å². The Balaban J connectivity index is 1.52. The molecule has 4 nitrogen and oxygen atoms in total. The summed E-state index contributed by atoms with van der Waals surface area (Å²) < 4.78 is 0. The molecule has 0 saturated heterocycles. The second-order valence-electron chi connectivity index (χ2n) is 5.95. The fourth-order valence-corrected chi connectivity index (χ4v) is 2.87. The molecule has 2 aromatic rings. The SMILES string of the molecule is CN=C(NCc1ccc(Cl)cc1)NCc1cccc(N2CC=CC2)c1. The summed E-state index contributed by atoms with van der Waals surface area (Å²) in [6, 6.07) is 16.4. The van der Waals surface area contributed by atoms with Crippen LogP contribution in [0.15, 0.2) is 65.7 Å². The zero-order chi connectivity index (χ0) is 17.5. The molecule has 1 heterocycles. The van der Waals surface area contributed by atoms with E-state index in [-0.39, 0.29) is 0 Å². The van der Waals surface area contributed by atoms with Gasteiger partial charge in [0.15, 0.2) is 5.96 Å². The predicted molar refractivity (Wildman–Crippen MR) is 106 cm³/mol. The molecular weight excluding hydrogens is 332 g/mol.